The molecule has 0 aliphatic carbocycles. The number of sulfone groups is 1. The van der Waals surface area contributed by atoms with Crippen molar-refractivity contribution < 1.29 is 17.9 Å². The third-order valence-electron chi connectivity index (χ3n) is 4.17. The Bertz CT molecular complexity index is 1030. The summed E-state index contributed by atoms with van der Waals surface area (Å²) < 4.78 is 36.8. The highest BCUT2D eigenvalue weighted by molar-refractivity contribution is 7.91. The van der Waals surface area contributed by atoms with Crippen LogP contribution in [0.4, 0.5) is 0 Å². The van der Waals surface area contributed by atoms with Crippen molar-refractivity contribution in [1.29, 1.82) is 0 Å². The molecule has 0 saturated carbocycles. The summed E-state index contributed by atoms with van der Waals surface area (Å²) in [4.78, 5) is 24.6. The largest absolute Gasteiger partial charge is 0.490 e. The summed E-state index contributed by atoms with van der Waals surface area (Å²) in [6, 6.07) is 8.59. The van der Waals surface area contributed by atoms with Gasteiger partial charge in [-0.15, -0.1) is 0 Å². The molecule has 0 fully saturated rings. The predicted octanol–water partition coefficient (Wildman–Crippen LogP) is 1.68. The molecular weight excluding hydrogens is 396 g/mol. The Morgan fingerprint density at radius 3 is 2.79 bits per heavy atom. The van der Waals surface area contributed by atoms with Crippen LogP contribution in [-0.2, 0) is 21.3 Å². The first-order valence-electron chi connectivity index (χ1n) is 9.22. The van der Waals surface area contributed by atoms with Gasteiger partial charge in [0, 0.05) is 18.9 Å². The van der Waals surface area contributed by atoms with Crippen molar-refractivity contribution in [2.75, 3.05) is 24.7 Å². The van der Waals surface area contributed by atoms with Crippen LogP contribution < -0.4 is 16.0 Å². The third-order valence-corrected chi connectivity index (χ3v) is 6.09. The molecule has 1 heterocycles. The number of hydrogen-bond acceptors (Lipinski definition) is 6. The molecule has 29 heavy (non-hydrogen) atoms. The van der Waals surface area contributed by atoms with Crippen LogP contribution >= 0.6 is 0 Å². The Hall–Kier alpha value is -2.65. The van der Waals surface area contributed by atoms with Gasteiger partial charge in [0.2, 0.25) is 0 Å². The lowest BCUT2D eigenvalue weighted by Crippen LogP contribution is -2.29. The van der Waals surface area contributed by atoms with Gasteiger partial charge < -0.3 is 9.47 Å². The highest BCUT2D eigenvalue weighted by Gasteiger charge is 2.17. The van der Waals surface area contributed by atoms with Crippen LogP contribution in [0.25, 0.3) is 0 Å². The molecule has 1 N–H and O–H groups in total. The summed E-state index contributed by atoms with van der Waals surface area (Å²) in [6.07, 6.45) is 3.29. The van der Waals surface area contributed by atoms with Gasteiger partial charge in [-0.25, -0.2) is 13.2 Å². The van der Waals surface area contributed by atoms with E-state index in [9.17, 15) is 18.0 Å². The second kappa shape index (κ2) is 10.8. The number of nitrogens with one attached hydrogen (secondary N) is 1. The van der Waals surface area contributed by atoms with E-state index in [-0.39, 0.29) is 30.8 Å². The fourth-order valence-electron chi connectivity index (χ4n) is 2.72. The fraction of sp³-hybridized carbons (Fsp3) is 0.400. The second-order valence-electron chi connectivity index (χ2n) is 6.66. The lowest BCUT2D eigenvalue weighted by Gasteiger charge is -2.14. The molecule has 8 nitrogen and oxygen atoms in total. The van der Waals surface area contributed by atoms with E-state index in [1.165, 1.54) is 16.8 Å². The fourth-order valence-corrected chi connectivity index (χ4v) is 4.39. The van der Waals surface area contributed by atoms with Crippen LogP contribution in [0.5, 0.6) is 5.75 Å². The van der Waals surface area contributed by atoms with Gasteiger partial charge in [0.25, 0.3) is 5.56 Å². The van der Waals surface area contributed by atoms with Crippen LogP contribution in [-0.4, -0.2) is 42.7 Å². The van der Waals surface area contributed by atoms with Gasteiger partial charge in [-0.3, -0.25) is 14.3 Å². The molecule has 0 aliphatic rings. The molecular formula is C20H26N2O6S. The molecule has 0 bridgehead atoms. The van der Waals surface area contributed by atoms with Gasteiger partial charge in [0.15, 0.2) is 9.84 Å². The molecule has 2 rings (SSSR count). The van der Waals surface area contributed by atoms with E-state index >= 15 is 0 Å². The van der Waals surface area contributed by atoms with Gasteiger partial charge in [0.1, 0.15) is 19.1 Å². The minimum Gasteiger partial charge on any atom is -0.490 e. The van der Waals surface area contributed by atoms with E-state index in [0.29, 0.717) is 18.8 Å². The zero-order valence-corrected chi connectivity index (χ0v) is 17.2. The summed E-state index contributed by atoms with van der Waals surface area (Å²) in [5.74, 6) is 0.521. The Morgan fingerprint density at radius 1 is 1.28 bits per heavy atom. The molecule has 1 aromatic heterocycles. The lowest BCUT2D eigenvalue weighted by atomic mass is 10.0. The molecule has 158 valence electrons. The number of ether oxygens (including phenoxy) is 2. The molecule has 0 radical (unpaired) electrons. The third kappa shape index (κ3) is 7.71. The van der Waals surface area contributed by atoms with Crippen LogP contribution in [0.2, 0.25) is 0 Å². The van der Waals surface area contributed by atoms with Crippen molar-refractivity contribution in [2.45, 2.75) is 26.0 Å². The number of rotatable bonds is 12. The lowest BCUT2D eigenvalue weighted by molar-refractivity contribution is 0.0745. The van der Waals surface area contributed by atoms with Gasteiger partial charge in [-0.1, -0.05) is 31.7 Å². The van der Waals surface area contributed by atoms with Gasteiger partial charge >= 0.3 is 5.69 Å². The van der Waals surface area contributed by atoms with E-state index < -0.39 is 21.1 Å². The summed E-state index contributed by atoms with van der Waals surface area (Å²) in [6.45, 7) is 5.99. The summed E-state index contributed by atoms with van der Waals surface area (Å²) in [7, 11) is -3.27. The molecule has 9 heteroatoms. The van der Waals surface area contributed by atoms with E-state index in [1.807, 2.05) is 31.2 Å². The van der Waals surface area contributed by atoms with Gasteiger partial charge in [0.05, 0.1) is 11.5 Å². The highest BCUT2D eigenvalue weighted by atomic mass is 32.2. The van der Waals surface area contributed by atoms with Crippen LogP contribution in [0.15, 0.2) is 58.8 Å². The van der Waals surface area contributed by atoms with Crippen molar-refractivity contribution in [3.05, 3.63) is 75.6 Å². The SMILES string of the molecule is C=CCOc1cccc([C@@H](C)CS(=O)(=O)CCCOCn2ccc(=O)[nH]c2=O)c1. The Kier molecular flexibility index (Phi) is 8.41. The predicted molar refractivity (Wildman–Crippen MR) is 111 cm³/mol. The number of benzene rings is 1. The van der Waals surface area contributed by atoms with Crippen LogP contribution in [0.1, 0.15) is 24.8 Å². The van der Waals surface area contributed by atoms with E-state index in [2.05, 4.69) is 11.6 Å². The van der Waals surface area contributed by atoms with Gasteiger partial charge in [-0.05, 0) is 30.0 Å². The minimum atomic E-state index is -3.27. The smallest absolute Gasteiger partial charge is 0.330 e. The summed E-state index contributed by atoms with van der Waals surface area (Å²) in [5, 5.41) is 0. The van der Waals surface area contributed by atoms with E-state index in [4.69, 9.17) is 9.47 Å². The van der Waals surface area contributed by atoms with Crippen LogP contribution in [0.3, 0.4) is 0 Å². The Balaban J connectivity index is 1.79. The number of nitrogens with zero attached hydrogens (tertiary/aromatic N) is 1. The van der Waals surface area contributed by atoms with Crippen molar-refractivity contribution >= 4 is 9.84 Å². The quantitative estimate of drug-likeness (QED) is 0.412. The number of H-pyrrole nitrogens is 1. The molecule has 1 atom stereocenters. The average molecular weight is 423 g/mol. The topological polar surface area (TPSA) is 107 Å². The summed E-state index contributed by atoms with van der Waals surface area (Å²) >= 11 is 0. The molecule has 0 saturated heterocycles. The maximum Gasteiger partial charge on any atom is 0.330 e. The van der Waals surface area contributed by atoms with Crippen molar-refractivity contribution in [3.63, 3.8) is 0 Å². The minimum absolute atomic E-state index is 0.00941. The number of aromatic nitrogens is 2. The monoisotopic (exact) mass is 422 g/mol. The summed E-state index contributed by atoms with van der Waals surface area (Å²) in [5.41, 5.74) is -0.161. The van der Waals surface area contributed by atoms with Crippen molar-refractivity contribution in [2.24, 2.45) is 0 Å². The van der Waals surface area contributed by atoms with Gasteiger partial charge in [-0.2, -0.15) is 0 Å². The molecule has 0 aliphatic heterocycles. The molecule has 2 aromatic rings. The molecule has 0 spiro atoms. The van der Waals surface area contributed by atoms with Crippen molar-refractivity contribution in [3.8, 4) is 5.75 Å². The standard InChI is InChI=1S/C20H26N2O6S/c1-3-10-28-18-7-4-6-17(13-18)16(2)14-29(25,26)12-5-11-27-15-22-9-8-19(23)21-20(22)24/h3-4,6-9,13,16H,1,5,10-12,14-15H2,2H3,(H,21,23,24)/t16-/m0/s1. The van der Waals surface area contributed by atoms with Crippen LogP contribution in [0, 0.1) is 0 Å². The molecule has 1 aromatic carbocycles. The van der Waals surface area contributed by atoms with E-state index in [0.717, 1.165) is 5.56 Å². The normalized spacial score (nSPS) is 12.4. The number of hydrogen-bond donors (Lipinski definition) is 1. The average Bonchev–Trinajstić information content (AvgIpc) is 2.67. The molecule has 0 amide bonds. The first-order valence-corrected chi connectivity index (χ1v) is 11.0. The molecule has 0 unspecified atom stereocenters. The van der Waals surface area contributed by atoms with Crippen molar-refractivity contribution in [1.82, 2.24) is 9.55 Å². The first kappa shape index (κ1) is 22.6. The zero-order valence-electron chi connectivity index (χ0n) is 16.4. The second-order valence-corrected chi connectivity index (χ2v) is 8.89. The zero-order chi connectivity index (χ0) is 21.3. The Labute approximate surface area is 169 Å². The highest BCUT2D eigenvalue weighted by Crippen LogP contribution is 2.22. The first-order chi connectivity index (χ1) is 13.8. The maximum absolute atomic E-state index is 12.4. The maximum atomic E-state index is 12.4. The Morgan fingerprint density at radius 2 is 2.07 bits per heavy atom. The van der Waals surface area contributed by atoms with E-state index in [1.54, 1.807) is 6.08 Å². The number of aromatic amines is 1.